The minimum Gasteiger partial charge on any atom is -0.497 e. The molecule has 0 aliphatic heterocycles. The lowest BCUT2D eigenvalue weighted by Crippen LogP contribution is -2.27. The molecule has 1 unspecified atom stereocenters. The lowest BCUT2D eigenvalue weighted by molar-refractivity contribution is 0.411. The van der Waals surface area contributed by atoms with Crippen molar-refractivity contribution in [1.29, 1.82) is 0 Å². The molecule has 2 nitrogen and oxygen atoms in total. The number of rotatable bonds is 5. The Balaban J connectivity index is 1.62. The fourth-order valence-electron chi connectivity index (χ4n) is 3.17. The summed E-state index contributed by atoms with van der Waals surface area (Å²) in [6, 6.07) is 17.7. The van der Waals surface area contributed by atoms with Crippen molar-refractivity contribution in [2.45, 2.75) is 31.7 Å². The van der Waals surface area contributed by atoms with Gasteiger partial charge in [-0.25, -0.2) is 0 Å². The topological polar surface area (TPSA) is 21.3 Å². The lowest BCUT2D eigenvalue weighted by Gasteiger charge is -2.27. The van der Waals surface area contributed by atoms with E-state index in [1.54, 1.807) is 7.11 Å². The first-order chi connectivity index (χ1) is 10.4. The third-order valence-electron chi connectivity index (χ3n) is 4.31. The number of fused-ring (bicyclic) bond motifs is 1. The molecule has 0 fully saturated rings. The highest BCUT2D eigenvalue weighted by Gasteiger charge is 2.19. The second-order valence-electron chi connectivity index (χ2n) is 5.70. The van der Waals surface area contributed by atoms with Crippen LogP contribution in [0.15, 0.2) is 48.5 Å². The molecule has 0 amide bonds. The number of methoxy groups -OCH3 is 1. The standard InChI is InChI=1S/C19H23NO/c1-21-17-10-11-18-16(14-17)8-5-9-19(18)20-13-12-15-6-3-2-4-7-15/h2-4,6-7,10-11,14,19-20H,5,8-9,12-13H2,1H3. The van der Waals surface area contributed by atoms with E-state index >= 15 is 0 Å². The molecule has 1 aliphatic carbocycles. The van der Waals surface area contributed by atoms with Crippen molar-refractivity contribution >= 4 is 0 Å². The Bertz CT molecular complexity index is 579. The molecular formula is C19H23NO. The number of ether oxygens (including phenoxy) is 1. The molecule has 2 aromatic rings. The summed E-state index contributed by atoms with van der Waals surface area (Å²) in [5, 5.41) is 3.72. The van der Waals surface area contributed by atoms with Gasteiger partial charge < -0.3 is 10.1 Å². The molecule has 2 aromatic carbocycles. The van der Waals surface area contributed by atoms with Gasteiger partial charge in [0.15, 0.2) is 0 Å². The maximum atomic E-state index is 5.33. The van der Waals surface area contributed by atoms with Crippen LogP contribution in [0.4, 0.5) is 0 Å². The lowest BCUT2D eigenvalue weighted by atomic mass is 9.87. The number of aryl methyl sites for hydroxylation is 1. The summed E-state index contributed by atoms with van der Waals surface area (Å²) in [6.45, 7) is 1.03. The van der Waals surface area contributed by atoms with Crippen LogP contribution in [-0.2, 0) is 12.8 Å². The molecule has 0 radical (unpaired) electrons. The summed E-state index contributed by atoms with van der Waals surface area (Å²) in [6.07, 6.45) is 4.74. The number of hydrogen-bond donors (Lipinski definition) is 1. The Morgan fingerprint density at radius 3 is 2.81 bits per heavy atom. The average molecular weight is 281 g/mol. The molecule has 0 heterocycles. The maximum Gasteiger partial charge on any atom is 0.119 e. The zero-order chi connectivity index (χ0) is 14.5. The van der Waals surface area contributed by atoms with Crippen molar-refractivity contribution < 1.29 is 4.74 Å². The summed E-state index contributed by atoms with van der Waals surface area (Å²) in [5.41, 5.74) is 4.30. The van der Waals surface area contributed by atoms with Crippen LogP contribution >= 0.6 is 0 Å². The van der Waals surface area contributed by atoms with E-state index in [1.165, 1.54) is 36.0 Å². The van der Waals surface area contributed by atoms with E-state index in [1.807, 2.05) is 0 Å². The highest BCUT2D eigenvalue weighted by atomic mass is 16.5. The second kappa shape index (κ2) is 6.77. The predicted molar refractivity (Wildman–Crippen MR) is 86.8 cm³/mol. The molecule has 0 aromatic heterocycles. The molecule has 0 saturated heterocycles. The molecular weight excluding hydrogens is 258 g/mol. The molecule has 0 spiro atoms. The van der Waals surface area contributed by atoms with Crippen LogP contribution in [0.5, 0.6) is 5.75 Å². The van der Waals surface area contributed by atoms with Crippen LogP contribution in [-0.4, -0.2) is 13.7 Å². The summed E-state index contributed by atoms with van der Waals surface area (Å²) in [5.74, 6) is 0.971. The van der Waals surface area contributed by atoms with Gasteiger partial charge in [-0.2, -0.15) is 0 Å². The van der Waals surface area contributed by atoms with Crippen LogP contribution in [0.25, 0.3) is 0 Å². The Morgan fingerprint density at radius 2 is 2.00 bits per heavy atom. The highest BCUT2D eigenvalue weighted by Crippen LogP contribution is 2.32. The number of nitrogens with one attached hydrogen (secondary N) is 1. The second-order valence-corrected chi connectivity index (χ2v) is 5.70. The zero-order valence-electron chi connectivity index (χ0n) is 12.6. The van der Waals surface area contributed by atoms with Gasteiger partial charge in [-0.15, -0.1) is 0 Å². The van der Waals surface area contributed by atoms with Crippen molar-refractivity contribution in [3.05, 3.63) is 65.2 Å². The summed E-state index contributed by atoms with van der Waals surface area (Å²) >= 11 is 0. The quantitative estimate of drug-likeness (QED) is 0.897. The van der Waals surface area contributed by atoms with Crippen molar-refractivity contribution in [3.63, 3.8) is 0 Å². The number of hydrogen-bond acceptors (Lipinski definition) is 2. The van der Waals surface area contributed by atoms with Crippen molar-refractivity contribution in [2.75, 3.05) is 13.7 Å². The normalized spacial score (nSPS) is 17.3. The van der Waals surface area contributed by atoms with E-state index in [0.717, 1.165) is 18.7 Å². The van der Waals surface area contributed by atoms with Crippen LogP contribution in [0, 0.1) is 0 Å². The predicted octanol–water partition coefficient (Wildman–Crippen LogP) is 3.90. The molecule has 1 aliphatic rings. The van der Waals surface area contributed by atoms with E-state index in [0.29, 0.717) is 6.04 Å². The summed E-state index contributed by atoms with van der Waals surface area (Å²) < 4.78 is 5.33. The van der Waals surface area contributed by atoms with Gasteiger partial charge in [0.25, 0.3) is 0 Å². The number of benzene rings is 2. The van der Waals surface area contributed by atoms with E-state index < -0.39 is 0 Å². The van der Waals surface area contributed by atoms with E-state index in [9.17, 15) is 0 Å². The van der Waals surface area contributed by atoms with E-state index in [-0.39, 0.29) is 0 Å². The van der Waals surface area contributed by atoms with Crippen LogP contribution in [0.1, 0.15) is 35.6 Å². The molecule has 2 heteroatoms. The van der Waals surface area contributed by atoms with Gasteiger partial charge in [-0.05, 0) is 61.1 Å². The minimum absolute atomic E-state index is 0.489. The third kappa shape index (κ3) is 3.45. The van der Waals surface area contributed by atoms with Crippen molar-refractivity contribution in [1.82, 2.24) is 5.32 Å². The molecule has 0 saturated carbocycles. The van der Waals surface area contributed by atoms with Gasteiger partial charge in [0.2, 0.25) is 0 Å². The van der Waals surface area contributed by atoms with E-state index in [2.05, 4.69) is 53.8 Å². The van der Waals surface area contributed by atoms with Crippen molar-refractivity contribution in [3.8, 4) is 5.75 Å². The Morgan fingerprint density at radius 1 is 1.14 bits per heavy atom. The van der Waals surface area contributed by atoms with Gasteiger partial charge in [-0.1, -0.05) is 36.4 Å². The Kier molecular flexibility index (Phi) is 4.56. The fourth-order valence-corrected chi connectivity index (χ4v) is 3.17. The molecule has 110 valence electrons. The first-order valence-electron chi connectivity index (χ1n) is 7.81. The molecule has 3 rings (SSSR count). The van der Waals surface area contributed by atoms with Crippen LogP contribution < -0.4 is 10.1 Å². The molecule has 0 bridgehead atoms. The maximum absolute atomic E-state index is 5.33. The Hall–Kier alpha value is -1.80. The third-order valence-corrected chi connectivity index (χ3v) is 4.31. The van der Waals surface area contributed by atoms with Gasteiger partial charge in [0, 0.05) is 6.04 Å². The molecule has 1 N–H and O–H groups in total. The fraction of sp³-hybridized carbons (Fsp3) is 0.368. The minimum atomic E-state index is 0.489. The molecule has 1 atom stereocenters. The van der Waals surface area contributed by atoms with Crippen LogP contribution in [0.2, 0.25) is 0 Å². The van der Waals surface area contributed by atoms with Gasteiger partial charge in [0.05, 0.1) is 7.11 Å². The Labute approximate surface area is 127 Å². The summed E-state index contributed by atoms with van der Waals surface area (Å²) in [7, 11) is 1.74. The van der Waals surface area contributed by atoms with Crippen LogP contribution in [0.3, 0.4) is 0 Å². The largest absolute Gasteiger partial charge is 0.497 e. The highest BCUT2D eigenvalue weighted by molar-refractivity contribution is 5.39. The smallest absolute Gasteiger partial charge is 0.119 e. The SMILES string of the molecule is COc1ccc2c(c1)CCCC2NCCc1ccccc1. The van der Waals surface area contributed by atoms with E-state index in [4.69, 9.17) is 4.74 Å². The van der Waals surface area contributed by atoms with Gasteiger partial charge >= 0.3 is 0 Å². The molecule has 21 heavy (non-hydrogen) atoms. The first-order valence-corrected chi connectivity index (χ1v) is 7.81. The first kappa shape index (κ1) is 14.2. The average Bonchev–Trinajstić information content (AvgIpc) is 2.55. The zero-order valence-corrected chi connectivity index (χ0v) is 12.6. The summed E-state index contributed by atoms with van der Waals surface area (Å²) in [4.78, 5) is 0. The van der Waals surface area contributed by atoms with Gasteiger partial charge in [0.1, 0.15) is 5.75 Å². The monoisotopic (exact) mass is 281 g/mol. The van der Waals surface area contributed by atoms with Gasteiger partial charge in [-0.3, -0.25) is 0 Å². The van der Waals surface area contributed by atoms with Crippen molar-refractivity contribution in [2.24, 2.45) is 0 Å².